The normalized spacial score (nSPS) is 12.7. The highest BCUT2D eigenvalue weighted by Crippen LogP contribution is 2.24. The third-order valence-electron chi connectivity index (χ3n) is 2.65. The Balaban J connectivity index is 2.29. The summed E-state index contributed by atoms with van der Waals surface area (Å²) in [5.74, 6) is 0. The fraction of sp³-hybridized carbons (Fsp3) is 0.333. The predicted molar refractivity (Wildman–Crippen MR) is 75.9 cm³/mol. The van der Waals surface area contributed by atoms with E-state index in [9.17, 15) is 0 Å². The number of halogens is 2. The number of rotatable bonds is 4. The Morgan fingerprint density at radius 3 is 2.94 bits per heavy atom. The van der Waals surface area contributed by atoms with Crippen molar-refractivity contribution in [2.24, 2.45) is 5.73 Å². The van der Waals surface area contributed by atoms with Crippen LogP contribution in [-0.4, -0.2) is 15.0 Å². The minimum Gasteiger partial charge on any atom is -0.323 e. The Labute approximate surface area is 119 Å². The number of nitrogens with two attached hydrogens (primary N) is 1. The fourth-order valence-electron chi connectivity index (χ4n) is 1.69. The lowest BCUT2D eigenvalue weighted by Gasteiger charge is -2.05. The van der Waals surface area contributed by atoms with Crippen molar-refractivity contribution in [3.05, 3.63) is 39.6 Å². The van der Waals surface area contributed by atoms with Crippen molar-refractivity contribution in [3.63, 3.8) is 0 Å². The van der Waals surface area contributed by atoms with Crippen LogP contribution in [0.1, 0.15) is 31.5 Å². The van der Waals surface area contributed by atoms with Gasteiger partial charge >= 0.3 is 0 Å². The van der Waals surface area contributed by atoms with Gasteiger partial charge in [0.1, 0.15) is 0 Å². The summed E-state index contributed by atoms with van der Waals surface area (Å²) >= 11 is 9.53. The summed E-state index contributed by atoms with van der Waals surface area (Å²) in [6.07, 6.45) is 3.75. The van der Waals surface area contributed by atoms with E-state index in [1.165, 1.54) is 0 Å². The van der Waals surface area contributed by atoms with Crippen LogP contribution in [0.3, 0.4) is 0 Å². The van der Waals surface area contributed by atoms with Crippen LogP contribution < -0.4 is 5.73 Å². The first-order chi connectivity index (χ1) is 8.61. The van der Waals surface area contributed by atoms with Gasteiger partial charge in [0, 0.05) is 4.47 Å². The fourth-order valence-corrected chi connectivity index (χ4v) is 2.45. The van der Waals surface area contributed by atoms with E-state index in [0.717, 1.165) is 28.7 Å². The molecule has 0 aliphatic carbocycles. The molecule has 1 aromatic heterocycles. The second kappa shape index (κ2) is 5.82. The van der Waals surface area contributed by atoms with Crippen LogP contribution in [0.4, 0.5) is 0 Å². The van der Waals surface area contributed by atoms with E-state index in [-0.39, 0.29) is 6.04 Å². The molecule has 0 spiro atoms. The molecule has 0 radical (unpaired) electrons. The Kier molecular flexibility index (Phi) is 4.37. The van der Waals surface area contributed by atoms with Gasteiger partial charge in [-0.25, -0.2) is 4.68 Å². The second-order valence-corrected chi connectivity index (χ2v) is 5.40. The van der Waals surface area contributed by atoms with E-state index in [1.807, 2.05) is 24.4 Å². The first kappa shape index (κ1) is 13.5. The van der Waals surface area contributed by atoms with E-state index in [4.69, 9.17) is 17.3 Å². The molecule has 1 aromatic carbocycles. The van der Waals surface area contributed by atoms with Crippen molar-refractivity contribution in [2.45, 2.75) is 25.8 Å². The van der Waals surface area contributed by atoms with E-state index in [0.29, 0.717) is 5.02 Å². The van der Waals surface area contributed by atoms with E-state index >= 15 is 0 Å². The molecule has 0 saturated carbocycles. The maximum atomic E-state index is 6.16. The largest absolute Gasteiger partial charge is 0.323 e. The zero-order valence-corrected chi connectivity index (χ0v) is 12.3. The Hall–Kier alpha value is -0.910. The van der Waals surface area contributed by atoms with Gasteiger partial charge in [0.05, 0.1) is 28.6 Å². The minimum atomic E-state index is -0.0713. The van der Waals surface area contributed by atoms with Gasteiger partial charge in [0.15, 0.2) is 0 Å². The zero-order valence-electron chi connectivity index (χ0n) is 9.98. The molecule has 1 heterocycles. The smallest absolute Gasteiger partial charge is 0.0998 e. The molecule has 6 heteroatoms. The predicted octanol–water partition coefficient (Wildman–Crippen LogP) is 3.48. The van der Waals surface area contributed by atoms with Crippen molar-refractivity contribution in [2.75, 3.05) is 0 Å². The van der Waals surface area contributed by atoms with Crippen molar-refractivity contribution >= 4 is 27.5 Å². The highest BCUT2D eigenvalue weighted by Gasteiger charge is 2.11. The molecular formula is C12H14BrClN4. The quantitative estimate of drug-likeness (QED) is 0.934. The third kappa shape index (κ3) is 2.91. The summed E-state index contributed by atoms with van der Waals surface area (Å²) in [4.78, 5) is 0. The van der Waals surface area contributed by atoms with Gasteiger partial charge in [-0.15, -0.1) is 5.10 Å². The molecule has 2 rings (SSSR count). The summed E-state index contributed by atoms with van der Waals surface area (Å²) < 4.78 is 2.58. The van der Waals surface area contributed by atoms with Crippen molar-refractivity contribution < 1.29 is 0 Å². The van der Waals surface area contributed by atoms with Crippen molar-refractivity contribution in [3.8, 4) is 5.69 Å². The Morgan fingerprint density at radius 2 is 2.28 bits per heavy atom. The van der Waals surface area contributed by atoms with Crippen molar-refractivity contribution in [1.29, 1.82) is 0 Å². The molecule has 0 aliphatic rings. The average Bonchev–Trinajstić information content (AvgIpc) is 2.78. The van der Waals surface area contributed by atoms with Crippen LogP contribution in [0.5, 0.6) is 0 Å². The van der Waals surface area contributed by atoms with Crippen LogP contribution in [0.25, 0.3) is 5.69 Å². The molecule has 2 N–H and O–H groups in total. The highest BCUT2D eigenvalue weighted by molar-refractivity contribution is 9.10. The third-order valence-corrected chi connectivity index (χ3v) is 3.44. The molecule has 0 bridgehead atoms. The molecule has 0 aliphatic heterocycles. The van der Waals surface area contributed by atoms with E-state index < -0.39 is 0 Å². The first-order valence-electron chi connectivity index (χ1n) is 5.75. The van der Waals surface area contributed by atoms with Gasteiger partial charge < -0.3 is 5.73 Å². The number of hydrogen-bond acceptors (Lipinski definition) is 3. The van der Waals surface area contributed by atoms with Crippen LogP contribution in [0.2, 0.25) is 5.02 Å². The van der Waals surface area contributed by atoms with Gasteiger partial charge in [-0.05, 0) is 24.6 Å². The van der Waals surface area contributed by atoms with Gasteiger partial charge in [0.25, 0.3) is 0 Å². The molecule has 18 heavy (non-hydrogen) atoms. The minimum absolute atomic E-state index is 0.0713. The monoisotopic (exact) mass is 328 g/mol. The molecule has 2 aromatic rings. The molecule has 0 saturated heterocycles. The van der Waals surface area contributed by atoms with Gasteiger partial charge in [-0.2, -0.15) is 0 Å². The molecule has 0 amide bonds. The molecule has 1 unspecified atom stereocenters. The second-order valence-electron chi connectivity index (χ2n) is 4.08. The van der Waals surface area contributed by atoms with Gasteiger partial charge in [-0.3, -0.25) is 0 Å². The molecule has 96 valence electrons. The lowest BCUT2D eigenvalue weighted by molar-refractivity contribution is 0.619. The number of benzene rings is 1. The lowest BCUT2D eigenvalue weighted by atomic mass is 10.1. The molecular weight excluding hydrogens is 316 g/mol. The Morgan fingerprint density at radius 1 is 1.50 bits per heavy atom. The Bertz CT molecular complexity index is 541. The van der Waals surface area contributed by atoms with Crippen molar-refractivity contribution in [1.82, 2.24) is 15.0 Å². The number of nitrogens with zero attached hydrogens (tertiary/aromatic N) is 3. The maximum absolute atomic E-state index is 6.16. The summed E-state index contributed by atoms with van der Waals surface area (Å²) in [5, 5.41) is 8.78. The summed E-state index contributed by atoms with van der Waals surface area (Å²) in [5.41, 5.74) is 7.58. The SMILES string of the molecule is CCCC(N)c1cn(-c2ccc(Br)cc2Cl)nn1. The highest BCUT2D eigenvalue weighted by atomic mass is 79.9. The average molecular weight is 330 g/mol. The van der Waals surface area contributed by atoms with Crippen LogP contribution in [-0.2, 0) is 0 Å². The zero-order chi connectivity index (χ0) is 13.1. The van der Waals surface area contributed by atoms with Gasteiger partial charge in [-0.1, -0.05) is 46.1 Å². The number of hydrogen-bond donors (Lipinski definition) is 1. The molecule has 4 nitrogen and oxygen atoms in total. The first-order valence-corrected chi connectivity index (χ1v) is 6.92. The van der Waals surface area contributed by atoms with E-state index in [1.54, 1.807) is 4.68 Å². The summed E-state index contributed by atoms with van der Waals surface area (Å²) in [7, 11) is 0. The molecule has 0 fully saturated rings. The van der Waals surface area contributed by atoms with Crippen LogP contribution >= 0.6 is 27.5 Å². The number of aromatic nitrogens is 3. The van der Waals surface area contributed by atoms with Gasteiger partial charge in [0.2, 0.25) is 0 Å². The molecule has 1 atom stereocenters. The topological polar surface area (TPSA) is 56.7 Å². The van der Waals surface area contributed by atoms with Crippen LogP contribution in [0.15, 0.2) is 28.9 Å². The summed E-state index contributed by atoms with van der Waals surface area (Å²) in [6, 6.07) is 5.55. The standard InChI is InChI=1S/C12H14BrClN4/c1-2-3-10(15)11-7-18(17-16-11)12-5-4-8(13)6-9(12)14/h4-7,10H,2-3,15H2,1H3. The van der Waals surface area contributed by atoms with Crippen LogP contribution in [0, 0.1) is 0 Å². The van der Waals surface area contributed by atoms with E-state index in [2.05, 4.69) is 33.2 Å². The maximum Gasteiger partial charge on any atom is 0.0998 e. The summed E-state index contributed by atoms with van der Waals surface area (Å²) in [6.45, 7) is 2.09. The lowest BCUT2D eigenvalue weighted by Crippen LogP contribution is -2.10.